The van der Waals surface area contributed by atoms with Gasteiger partial charge in [0.15, 0.2) is 3.79 Å². The van der Waals surface area contributed by atoms with Crippen molar-refractivity contribution in [1.29, 1.82) is 0 Å². The summed E-state index contributed by atoms with van der Waals surface area (Å²) in [4.78, 5) is 2.30. The van der Waals surface area contributed by atoms with E-state index in [4.69, 9.17) is 34.8 Å². The molecule has 0 aromatic carbocycles. The van der Waals surface area contributed by atoms with Crippen molar-refractivity contribution >= 4 is 34.8 Å². The molecular formula is C9H14Cl3N. The average molecular weight is 243 g/mol. The van der Waals surface area contributed by atoms with E-state index in [0.717, 1.165) is 26.1 Å². The van der Waals surface area contributed by atoms with Crippen LogP contribution in [0.3, 0.4) is 0 Å². The fourth-order valence-corrected chi connectivity index (χ4v) is 1.55. The Hall–Kier alpha value is 0.570. The van der Waals surface area contributed by atoms with Gasteiger partial charge in [-0.25, -0.2) is 0 Å². The number of rotatable bonds is 2. The highest BCUT2D eigenvalue weighted by molar-refractivity contribution is 6.67. The molecule has 1 rings (SSSR count). The molecule has 0 fully saturated rings. The number of hydrogen-bond acceptors (Lipinski definition) is 1. The summed E-state index contributed by atoms with van der Waals surface area (Å²) in [5.41, 5.74) is 1.46. The number of hydrogen-bond donors (Lipinski definition) is 0. The minimum atomic E-state index is -1.10. The maximum Gasteiger partial charge on any atom is 0.191 e. The molecule has 0 aromatic heterocycles. The van der Waals surface area contributed by atoms with Crippen molar-refractivity contribution in [3.8, 4) is 0 Å². The molecule has 1 heterocycles. The van der Waals surface area contributed by atoms with E-state index in [9.17, 15) is 0 Å². The lowest BCUT2D eigenvalue weighted by atomic mass is 10.1. The van der Waals surface area contributed by atoms with Gasteiger partial charge in [-0.15, -0.1) is 0 Å². The Balaban J connectivity index is 2.24. The SMILES string of the molecule is CC1=CCN(CCC(Cl)(Cl)Cl)CC1. The molecule has 0 saturated heterocycles. The Morgan fingerprint density at radius 1 is 1.46 bits per heavy atom. The van der Waals surface area contributed by atoms with Crippen LogP contribution >= 0.6 is 34.8 Å². The quantitative estimate of drug-likeness (QED) is 0.530. The third-order valence-corrected chi connectivity index (χ3v) is 2.80. The molecule has 0 bridgehead atoms. The lowest BCUT2D eigenvalue weighted by molar-refractivity contribution is 0.291. The molecule has 0 atom stereocenters. The summed E-state index contributed by atoms with van der Waals surface area (Å²) in [6.07, 6.45) is 3.98. The molecule has 13 heavy (non-hydrogen) atoms. The molecular weight excluding hydrogens is 228 g/mol. The van der Waals surface area contributed by atoms with Gasteiger partial charge < -0.3 is 0 Å². The average Bonchev–Trinajstić information content (AvgIpc) is 2.02. The number of halogens is 3. The summed E-state index contributed by atoms with van der Waals surface area (Å²) in [6, 6.07) is 0. The summed E-state index contributed by atoms with van der Waals surface area (Å²) in [5, 5.41) is 0. The maximum absolute atomic E-state index is 5.67. The molecule has 0 N–H and O–H groups in total. The molecule has 1 aliphatic rings. The van der Waals surface area contributed by atoms with E-state index in [1.807, 2.05) is 0 Å². The van der Waals surface area contributed by atoms with E-state index < -0.39 is 3.79 Å². The maximum atomic E-state index is 5.67. The van der Waals surface area contributed by atoms with Crippen LogP contribution in [0.25, 0.3) is 0 Å². The Morgan fingerprint density at radius 3 is 2.62 bits per heavy atom. The molecule has 1 aliphatic heterocycles. The van der Waals surface area contributed by atoms with Gasteiger partial charge in [-0.3, -0.25) is 4.90 Å². The molecule has 1 nitrogen and oxygen atoms in total. The normalized spacial score (nSPS) is 20.2. The van der Waals surface area contributed by atoms with Crippen LogP contribution in [-0.2, 0) is 0 Å². The van der Waals surface area contributed by atoms with Crippen molar-refractivity contribution in [2.75, 3.05) is 19.6 Å². The predicted octanol–water partition coefficient (Wildman–Crippen LogP) is 3.40. The highest BCUT2D eigenvalue weighted by atomic mass is 35.6. The summed E-state index contributed by atoms with van der Waals surface area (Å²) in [5.74, 6) is 0. The van der Waals surface area contributed by atoms with Crippen molar-refractivity contribution in [2.24, 2.45) is 0 Å². The first-order chi connectivity index (χ1) is 5.97. The van der Waals surface area contributed by atoms with E-state index >= 15 is 0 Å². The Kier molecular flexibility index (Phi) is 4.37. The summed E-state index contributed by atoms with van der Waals surface area (Å²) in [6.45, 7) is 5.10. The monoisotopic (exact) mass is 241 g/mol. The molecule has 0 aromatic rings. The van der Waals surface area contributed by atoms with Gasteiger partial charge >= 0.3 is 0 Å². The van der Waals surface area contributed by atoms with E-state index in [1.54, 1.807) is 0 Å². The molecule has 0 saturated carbocycles. The van der Waals surface area contributed by atoms with Crippen molar-refractivity contribution in [3.05, 3.63) is 11.6 Å². The highest BCUT2D eigenvalue weighted by Crippen LogP contribution is 2.30. The smallest absolute Gasteiger partial charge is 0.191 e. The summed E-state index contributed by atoms with van der Waals surface area (Å²) >= 11 is 17.0. The van der Waals surface area contributed by atoms with Gasteiger partial charge in [0.1, 0.15) is 0 Å². The number of nitrogens with zero attached hydrogens (tertiary/aromatic N) is 1. The topological polar surface area (TPSA) is 3.24 Å². The molecule has 76 valence electrons. The molecule has 4 heteroatoms. The van der Waals surface area contributed by atoms with Crippen LogP contribution in [0.15, 0.2) is 11.6 Å². The second-order valence-electron chi connectivity index (χ2n) is 3.47. The van der Waals surface area contributed by atoms with Crippen molar-refractivity contribution < 1.29 is 0 Å². The Morgan fingerprint density at radius 2 is 2.15 bits per heavy atom. The van der Waals surface area contributed by atoms with Crippen molar-refractivity contribution in [2.45, 2.75) is 23.6 Å². The predicted molar refractivity (Wildman–Crippen MR) is 59.7 cm³/mol. The van der Waals surface area contributed by atoms with Gasteiger partial charge in [-0.05, 0) is 13.3 Å². The zero-order valence-electron chi connectivity index (χ0n) is 7.69. The second kappa shape index (κ2) is 4.88. The van der Waals surface area contributed by atoms with Gasteiger partial charge in [0.25, 0.3) is 0 Å². The molecule has 0 unspecified atom stereocenters. The van der Waals surface area contributed by atoms with Crippen molar-refractivity contribution in [1.82, 2.24) is 4.90 Å². The molecule has 0 amide bonds. The van der Waals surface area contributed by atoms with Crippen LogP contribution in [-0.4, -0.2) is 28.3 Å². The largest absolute Gasteiger partial charge is 0.299 e. The fraction of sp³-hybridized carbons (Fsp3) is 0.778. The van der Waals surface area contributed by atoms with E-state index in [0.29, 0.717) is 6.42 Å². The first-order valence-electron chi connectivity index (χ1n) is 4.42. The Bertz CT molecular complexity index is 196. The zero-order valence-corrected chi connectivity index (χ0v) is 9.96. The van der Waals surface area contributed by atoms with Crippen LogP contribution in [0.4, 0.5) is 0 Å². The molecule has 0 spiro atoms. The van der Waals surface area contributed by atoms with Gasteiger partial charge in [0.2, 0.25) is 0 Å². The van der Waals surface area contributed by atoms with Gasteiger partial charge in [-0.2, -0.15) is 0 Å². The van der Waals surface area contributed by atoms with Gasteiger partial charge in [0, 0.05) is 26.1 Å². The van der Waals surface area contributed by atoms with Crippen LogP contribution < -0.4 is 0 Å². The minimum absolute atomic E-state index is 0.602. The van der Waals surface area contributed by atoms with Gasteiger partial charge in [0.05, 0.1) is 0 Å². The third kappa shape index (κ3) is 5.11. The van der Waals surface area contributed by atoms with E-state index in [1.165, 1.54) is 5.57 Å². The lowest BCUT2D eigenvalue weighted by Gasteiger charge is -2.26. The fourth-order valence-electron chi connectivity index (χ4n) is 1.30. The first-order valence-corrected chi connectivity index (χ1v) is 5.55. The minimum Gasteiger partial charge on any atom is -0.299 e. The highest BCUT2D eigenvalue weighted by Gasteiger charge is 2.21. The lowest BCUT2D eigenvalue weighted by Crippen LogP contribution is -2.31. The van der Waals surface area contributed by atoms with Crippen molar-refractivity contribution in [3.63, 3.8) is 0 Å². The Labute approximate surface area is 94.6 Å². The van der Waals surface area contributed by atoms with Crippen LogP contribution in [0.1, 0.15) is 19.8 Å². The standard InChI is InChI=1S/C9H14Cl3N/c1-8-2-5-13(6-3-8)7-4-9(10,11)12/h2H,3-7H2,1H3. The third-order valence-electron chi connectivity index (χ3n) is 2.23. The van der Waals surface area contributed by atoms with Crippen LogP contribution in [0.2, 0.25) is 0 Å². The summed E-state index contributed by atoms with van der Waals surface area (Å²) < 4.78 is -1.10. The first kappa shape index (κ1) is 11.6. The van der Waals surface area contributed by atoms with Gasteiger partial charge in [-0.1, -0.05) is 46.5 Å². The van der Waals surface area contributed by atoms with Crippen LogP contribution in [0, 0.1) is 0 Å². The van der Waals surface area contributed by atoms with E-state index in [-0.39, 0.29) is 0 Å². The molecule has 0 aliphatic carbocycles. The second-order valence-corrected chi connectivity index (χ2v) is 5.98. The molecule has 0 radical (unpaired) electrons. The van der Waals surface area contributed by atoms with E-state index in [2.05, 4.69) is 17.9 Å². The zero-order chi connectivity index (χ0) is 9.90. The number of alkyl halides is 3. The summed E-state index contributed by atoms with van der Waals surface area (Å²) in [7, 11) is 0. The van der Waals surface area contributed by atoms with Crippen LogP contribution in [0.5, 0.6) is 0 Å².